The lowest BCUT2D eigenvalue weighted by Gasteiger charge is -2.12. The van der Waals surface area contributed by atoms with Gasteiger partial charge in [0.1, 0.15) is 13.2 Å². The standard InChI is InChI=1S/C27H29NO4/c1-3-14-32-27(30)28-17-21-8-10-22(11-9-21)18-31-19-26(29)20(2)15-23-12-13-24-6-4-5-7-25(24)16-23/h3-13,16,20H,1,14-15,17-19H2,2H3,(H,28,30)/t20-/m1/s1. The fourth-order valence-electron chi connectivity index (χ4n) is 3.36. The monoisotopic (exact) mass is 431 g/mol. The number of Topliss-reactive ketones (excluding diaryl/α,β-unsaturated/α-hetero) is 1. The third-order valence-corrected chi connectivity index (χ3v) is 5.21. The zero-order chi connectivity index (χ0) is 22.8. The van der Waals surface area contributed by atoms with E-state index in [1.165, 1.54) is 16.8 Å². The molecule has 32 heavy (non-hydrogen) atoms. The fourth-order valence-corrected chi connectivity index (χ4v) is 3.36. The highest BCUT2D eigenvalue weighted by molar-refractivity contribution is 5.84. The van der Waals surface area contributed by atoms with Crippen LogP contribution in [0.15, 0.2) is 79.4 Å². The lowest BCUT2D eigenvalue weighted by atomic mass is 9.95. The van der Waals surface area contributed by atoms with Crippen LogP contribution in [0, 0.1) is 5.92 Å². The zero-order valence-corrected chi connectivity index (χ0v) is 18.4. The number of benzene rings is 3. The molecular weight excluding hydrogens is 402 g/mol. The summed E-state index contributed by atoms with van der Waals surface area (Å²) in [6.07, 6.45) is 1.74. The van der Waals surface area contributed by atoms with Crippen molar-refractivity contribution >= 4 is 22.6 Å². The van der Waals surface area contributed by atoms with E-state index in [2.05, 4.69) is 42.2 Å². The Morgan fingerprint density at radius 1 is 0.969 bits per heavy atom. The van der Waals surface area contributed by atoms with Crippen molar-refractivity contribution in [3.63, 3.8) is 0 Å². The van der Waals surface area contributed by atoms with Crippen molar-refractivity contribution in [2.75, 3.05) is 13.2 Å². The average Bonchev–Trinajstić information content (AvgIpc) is 2.82. The third-order valence-electron chi connectivity index (χ3n) is 5.21. The van der Waals surface area contributed by atoms with Gasteiger partial charge in [-0.2, -0.15) is 0 Å². The molecule has 1 N–H and O–H groups in total. The van der Waals surface area contributed by atoms with Crippen LogP contribution in [0.1, 0.15) is 23.6 Å². The van der Waals surface area contributed by atoms with E-state index in [1.54, 1.807) is 0 Å². The maximum atomic E-state index is 12.5. The normalized spacial score (nSPS) is 11.7. The van der Waals surface area contributed by atoms with Crippen molar-refractivity contribution in [2.45, 2.75) is 26.5 Å². The summed E-state index contributed by atoms with van der Waals surface area (Å²) in [4.78, 5) is 23.9. The van der Waals surface area contributed by atoms with Crippen LogP contribution in [0.4, 0.5) is 4.79 Å². The summed E-state index contributed by atoms with van der Waals surface area (Å²) in [5, 5.41) is 5.06. The summed E-state index contributed by atoms with van der Waals surface area (Å²) in [6.45, 7) is 6.46. The van der Waals surface area contributed by atoms with Crippen molar-refractivity contribution in [2.24, 2.45) is 5.92 Å². The van der Waals surface area contributed by atoms with E-state index in [-0.39, 0.29) is 24.9 Å². The molecule has 5 heteroatoms. The van der Waals surface area contributed by atoms with Crippen molar-refractivity contribution < 1.29 is 19.1 Å². The highest BCUT2D eigenvalue weighted by atomic mass is 16.5. The highest BCUT2D eigenvalue weighted by Crippen LogP contribution is 2.18. The Morgan fingerprint density at radius 3 is 2.41 bits per heavy atom. The van der Waals surface area contributed by atoms with E-state index >= 15 is 0 Å². The van der Waals surface area contributed by atoms with Crippen molar-refractivity contribution in [1.29, 1.82) is 0 Å². The molecule has 0 heterocycles. The molecule has 3 aromatic carbocycles. The number of amides is 1. The summed E-state index contributed by atoms with van der Waals surface area (Å²) in [7, 11) is 0. The first-order valence-corrected chi connectivity index (χ1v) is 10.7. The molecule has 0 aromatic heterocycles. The van der Waals surface area contributed by atoms with Crippen LogP contribution in [0.3, 0.4) is 0 Å². The van der Waals surface area contributed by atoms with Crippen LogP contribution < -0.4 is 5.32 Å². The number of rotatable bonds is 11. The first kappa shape index (κ1) is 23.2. The maximum Gasteiger partial charge on any atom is 0.407 e. The van der Waals surface area contributed by atoms with Gasteiger partial charge in [-0.3, -0.25) is 4.79 Å². The van der Waals surface area contributed by atoms with Gasteiger partial charge in [-0.1, -0.05) is 86.3 Å². The van der Waals surface area contributed by atoms with Gasteiger partial charge in [-0.15, -0.1) is 0 Å². The SMILES string of the molecule is C=CCOC(=O)NCc1ccc(COCC(=O)[C@H](C)Cc2ccc3ccccc3c2)cc1. The summed E-state index contributed by atoms with van der Waals surface area (Å²) in [6, 6.07) is 22.2. The Kier molecular flexibility index (Phi) is 8.58. The zero-order valence-electron chi connectivity index (χ0n) is 18.4. The molecule has 1 amide bonds. The summed E-state index contributed by atoms with van der Waals surface area (Å²) in [5.41, 5.74) is 3.07. The largest absolute Gasteiger partial charge is 0.445 e. The van der Waals surface area contributed by atoms with Gasteiger partial charge in [0, 0.05) is 12.5 Å². The van der Waals surface area contributed by atoms with E-state index < -0.39 is 6.09 Å². The number of ketones is 1. The summed E-state index contributed by atoms with van der Waals surface area (Å²) < 4.78 is 10.5. The second-order valence-corrected chi connectivity index (χ2v) is 7.80. The molecule has 0 spiro atoms. The molecule has 0 radical (unpaired) electrons. The minimum absolute atomic E-state index is 0.0905. The van der Waals surface area contributed by atoms with Gasteiger partial charge in [0.25, 0.3) is 0 Å². The Morgan fingerprint density at radius 2 is 1.66 bits per heavy atom. The molecule has 3 aromatic rings. The van der Waals surface area contributed by atoms with Gasteiger partial charge in [0.05, 0.1) is 6.61 Å². The lowest BCUT2D eigenvalue weighted by molar-refractivity contribution is -0.127. The fraction of sp³-hybridized carbons (Fsp3) is 0.259. The number of ether oxygens (including phenoxy) is 2. The number of fused-ring (bicyclic) bond motifs is 1. The molecule has 0 unspecified atom stereocenters. The molecule has 3 rings (SSSR count). The number of carbonyl (C=O) groups excluding carboxylic acids is 2. The van der Waals surface area contributed by atoms with E-state index in [0.29, 0.717) is 19.6 Å². The Balaban J connectivity index is 1.40. The van der Waals surface area contributed by atoms with Crippen molar-refractivity contribution in [1.82, 2.24) is 5.32 Å². The number of carbonyl (C=O) groups is 2. The Hall–Kier alpha value is -3.44. The van der Waals surface area contributed by atoms with Gasteiger partial charge in [0.15, 0.2) is 5.78 Å². The Bertz CT molecular complexity index is 1060. The number of hydrogen-bond donors (Lipinski definition) is 1. The van der Waals surface area contributed by atoms with Crippen molar-refractivity contribution in [3.05, 3.63) is 96.1 Å². The van der Waals surface area contributed by atoms with Crippen LogP contribution in [0.25, 0.3) is 10.8 Å². The number of nitrogens with one attached hydrogen (secondary N) is 1. The average molecular weight is 432 g/mol. The van der Waals surface area contributed by atoms with Crippen LogP contribution in [-0.4, -0.2) is 25.1 Å². The molecule has 0 saturated heterocycles. The lowest BCUT2D eigenvalue weighted by Crippen LogP contribution is -2.23. The second kappa shape index (κ2) is 11.8. The van der Waals surface area contributed by atoms with Crippen LogP contribution in [0.5, 0.6) is 0 Å². The Labute approximate surface area is 189 Å². The number of hydrogen-bond acceptors (Lipinski definition) is 4. The maximum absolute atomic E-state index is 12.5. The number of alkyl carbamates (subject to hydrolysis) is 1. The predicted molar refractivity (Wildman–Crippen MR) is 126 cm³/mol. The third kappa shape index (κ3) is 7.06. The summed E-state index contributed by atoms with van der Waals surface area (Å²) >= 11 is 0. The van der Waals surface area contributed by atoms with E-state index in [0.717, 1.165) is 16.7 Å². The molecule has 0 aliphatic rings. The first-order valence-electron chi connectivity index (χ1n) is 10.7. The van der Waals surface area contributed by atoms with E-state index in [4.69, 9.17) is 9.47 Å². The van der Waals surface area contributed by atoms with E-state index in [9.17, 15) is 9.59 Å². The van der Waals surface area contributed by atoms with Crippen LogP contribution in [-0.2, 0) is 33.8 Å². The molecule has 0 bridgehead atoms. The minimum Gasteiger partial charge on any atom is -0.445 e. The van der Waals surface area contributed by atoms with Crippen LogP contribution >= 0.6 is 0 Å². The van der Waals surface area contributed by atoms with Gasteiger partial charge in [-0.25, -0.2) is 4.79 Å². The highest BCUT2D eigenvalue weighted by Gasteiger charge is 2.14. The summed E-state index contributed by atoms with van der Waals surface area (Å²) in [5.74, 6) is -0.0116. The quantitative estimate of drug-likeness (QED) is 0.423. The topological polar surface area (TPSA) is 64.6 Å². The van der Waals surface area contributed by atoms with Crippen LogP contribution in [0.2, 0.25) is 0 Å². The minimum atomic E-state index is -0.478. The first-order chi connectivity index (χ1) is 15.5. The molecule has 166 valence electrons. The molecule has 0 aliphatic carbocycles. The van der Waals surface area contributed by atoms with Gasteiger partial charge < -0.3 is 14.8 Å². The van der Waals surface area contributed by atoms with Gasteiger partial charge >= 0.3 is 6.09 Å². The van der Waals surface area contributed by atoms with Gasteiger partial charge in [0.2, 0.25) is 0 Å². The molecule has 0 fully saturated rings. The molecule has 1 atom stereocenters. The second-order valence-electron chi connectivity index (χ2n) is 7.80. The molecular formula is C27H29NO4. The smallest absolute Gasteiger partial charge is 0.407 e. The van der Waals surface area contributed by atoms with E-state index in [1.807, 2.05) is 43.3 Å². The predicted octanol–water partition coefficient (Wildman–Crippen LogP) is 5.22. The van der Waals surface area contributed by atoms with Crippen molar-refractivity contribution in [3.8, 4) is 0 Å². The van der Waals surface area contributed by atoms with Gasteiger partial charge in [-0.05, 0) is 33.9 Å². The molecule has 0 aliphatic heterocycles. The molecule has 0 saturated carbocycles. The molecule has 5 nitrogen and oxygen atoms in total.